The fraction of sp³-hybridized carbons (Fsp3) is 0.480. The van der Waals surface area contributed by atoms with Crippen molar-refractivity contribution in [3.8, 4) is 0 Å². The third-order valence-corrected chi connectivity index (χ3v) is 7.21. The van der Waals surface area contributed by atoms with Crippen LogP contribution in [-0.2, 0) is 11.3 Å². The standard InChI is InChI=1S/C25H30N4O3/c1-17(30)27-11-9-21(10-12-27)26-22-7-8-23-20-13-18(15-29(23)25(22)32)14-28(16-20)24(31)19-5-3-2-4-6-19/h2-8,18,20-21,26H,9-16H2,1H3/t18-,20+/m0/s1. The number of pyridine rings is 1. The lowest BCUT2D eigenvalue weighted by Crippen LogP contribution is -2.49. The number of fused-ring (bicyclic) bond motifs is 4. The Labute approximate surface area is 188 Å². The van der Waals surface area contributed by atoms with Gasteiger partial charge in [0.1, 0.15) is 5.69 Å². The molecule has 3 aliphatic heterocycles. The first-order valence-electron chi connectivity index (χ1n) is 11.6. The quantitative estimate of drug-likeness (QED) is 0.806. The number of hydrogen-bond donors (Lipinski definition) is 1. The van der Waals surface area contributed by atoms with Crippen molar-refractivity contribution >= 4 is 17.5 Å². The topological polar surface area (TPSA) is 74.7 Å². The molecule has 2 saturated heterocycles. The molecular formula is C25H30N4O3. The molecule has 0 aliphatic carbocycles. The van der Waals surface area contributed by atoms with Crippen molar-refractivity contribution in [3.05, 3.63) is 64.1 Å². The lowest BCUT2D eigenvalue weighted by atomic mass is 9.83. The lowest BCUT2D eigenvalue weighted by Gasteiger charge is -2.43. The van der Waals surface area contributed by atoms with Gasteiger partial charge < -0.3 is 19.7 Å². The van der Waals surface area contributed by atoms with E-state index in [1.54, 1.807) is 6.92 Å². The van der Waals surface area contributed by atoms with Gasteiger partial charge in [-0.25, -0.2) is 0 Å². The molecule has 2 aromatic rings. The van der Waals surface area contributed by atoms with Crippen molar-refractivity contribution in [1.29, 1.82) is 0 Å². The van der Waals surface area contributed by atoms with Crippen LogP contribution in [0, 0.1) is 5.92 Å². The summed E-state index contributed by atoms with van der Waals surface area (Å²) in [5.41, 5.74) is 2.44. The van der Waals surface area contributed by atoms with Crippen LogP contribution in [0.25, 0.3) is 0 Å². The van der Waals surface area contributed by atoms with Crippen LogP contribution >= 0.6 is 0 Å². The van der Waals surface area contributed by atoms with Crippen LogP contribution in [0.3, 0.4) is 0 Å². The highest BCUT2D eigenvalue weighted by Gasteiger charge is 2.37. The van der Waals surface area contributed by atoms with E-state index >= 15 is 0 Å². The minimum atomic E-state index is 0.0361. The molecule has 4 heterocycles. The molecule has 7 heteroatoms. The van der Waals surface area contributed by atoms with E-state index in [0.29, 0.717) is 31.2 Å². The van der Waals surface area contributed by atoms with Crippen molar-refractivity contribution in [2.24, 2.45) is 5.92 Å². The molecule has 0 spiro atoms. The fourth-order valence-corrected chi connectivity index (χ4v) is 5.54. The summed E-state index contributed by atoms with van der Waals surface area (Å²) >= 11 is 0. The Morgan fingerprint density at radius 3 is 2.41 bits per heavy atom. The van der Waals surface area contributed by atoms with Gasteiger partial charge >= 0.3 is 0 Å². The van der Waals surface area contributed by atoms with Crippen molar-refractivity contribution in [1.82, 2.24) is 14.4 Å². The SMILES string of the molecule is CC(=O)N1CCC(Nc2ccc3n(c2=O)C[C@H]2C[C@@H]3CN(C(=O)c3ccccc3)C2)CC1. The van der Waals surface area contributed by atoms with Gasteiger partial charge in [0, 0.05) is 62.9 Å². The molecule has 2 bridgehead atoms. The molecule has 5 rings (SSSR count). The minimum Gasteiger partial charge on any atom is -0.378 e. The average molecular weight is 435 g/mol. The molecule has 0 radical (unpaired) electrons. The number of carbonyl (C=O) groups excluding carboxylic acids is 2. The molecule has 1 aromatic carbocycles. The van der Waals surface area contributed by atoms with Gasteiger partial charge in [0.25, 0.3) is 11.5 Å². The van der Waals surface area contributed by atoms with Crippen LogP contribution in [0.15, 0.2) is 47.3 Å². The lowest BCUT2D eigenvalue weighted by molar-refractivity contribution is -0.129. The third kappa shape index (κ3) is 3.92. The van der Waals surface area contributed by atoms with Gasteiger partial charge in [0.15, 0.2) is 0 Å². The van der Waals surface area contributed by atoms with Gasteiger partial charge in [0.2, 0.25) is 5.91 Å². The first-order chi connectivity index (χ1) is 15.5. The van der Waals surface area contributed by atoms with E-state index in [-0.39, 0.29) is 29.3 Å². The summed E-state index contributed by atoms with van der Waals surface area (Å²) in [7, 11) is 0. The monoisotopic (exact) mass is 434 g/mol. The van der Waals surface area contributed by atoms with Crippen LogP contribution < -0.4 is 10.9 Å². The van der Waals surface area contributed by atoms with Gasteiger partial charge in [-0.15, -0.1) is 0 Å². The summed E-state index contributed by atoms with van der Waals surface area (Å²) in [6, 6.07) is 13.6. The Bertz CT molecular complexity index is 1070. The highest BCUT2D eigenvalue weighted by molar-refractivity contribution is 5.94. The third-order valence-electron chi connectivity index (χ3n) is 7.21. The maximum absolute atomic E-state index is 13.3. The van der Waals surface area contributed by atoms with Gasteiger partial charge in [-0.1, -0.05) is 18.2 Å². The Hall–Kier alpha value is -3.09. The van der Waals surface area contributed by atoms with Crippen LogP contribution in [0.4, 0.5) is 5.69 Å². The van der Waals surface area contributed by atoms with Crippen LogP contribution in [0.1, 0.15) is 48.2 Å². The number of rotatable bonds is 3. The molecule has 3 aliphatic rings. The van der Waals surface area contributed by atoms with Gasteiger partial charge in [-0.05, 0) is 49.4 Å². The number of carbonyl (C=O) groups is 2. The molecule has 32 heavy (non-hydrogen) atoms. The van der Waals surface area contributed by atoms with Gasteiger partial charge in [-0.3, -0.25) is 14.4 Å². The zero-order chi connectivity index (χ0) is 22.2. The number of benzene rings is 1. The minimum absolute atomic E-state index is 0.0361. The Morgan fingerprint density at radius 1 is 0.938 bits per heavy atom. The molecule has 1 N–H and O–H groups in total. The van der Waals surface area contributed by atoms with E-state index in [4.69, 9.17) is 0 Å². The zero-order valence-electron chi connectivity index (χ0n) is 18.5. The second-order valence-electron chi connectivity index (χ2n) is 9.39. The molecule has 7 nitrogen and oxygen atoms in total. The van der Waals surface area contributed by atoms with E-state index in [1.165, 1.54) is 0 Å². The molecule has 0 unspecified atom stereocenters. The smallest absolute Gasteiger partial charge is 0.274 e. The van der Waals surface area contributed by atoms with Crippen LogP contribution in [0.2, 0.25) is 0 Å². The van der Waals surface area contributed by atoms with Crippen molar-refractivity contribution < 1.29 is 9.59 Å². The van der Waals surface area contributed by atoms with Gasteiger partial charge in [0.05, 0.1) is 0 Å². The first-order valence-corrected chi connectivity index (χ1v) is 11.6. The van der Waals surface area contributed by atoms with Crippen molar-refractivity contribution in [2.45, 2.75) is 44.7 Å². The van der Waals surface area contributed by atoms with E-state index < -0.39 is 0 Å². The van der Waals surface area contributed by atoms with Crippen molar-refractivity contribution in [3.63, 3.8) is 0 Å². The normalized spacial score (nSPS) is 22.9. The van der Waals surface area contributed by atoms with E-state index in [2.05, 4.69) is 11.4 Å². The highest BCUT2D eigenvalue weighted by Crippen LogP contribution is 2.36. The number of nitrogens with one attached hydrogen (secondary N) is 1. The molecular weight excluding hydrogens is 404 g/mol. The maximum Gasteiger partial charge on any atom is 0.274 e. The number of likely N-dealkylation sites (tertiary alicyclic amines) is 2. The summed E-state index contributed by atoms with van der Waals surface area (Å²) in [5.74, 6) is 0.673. The largest absolute Gasteiger partial charge is 0.378 e. The highest BCUT2D eigenvalue weighted by atomic mass is 16.2. The summed E-state index contributed by atoms with van der Waals surface area (Å²) in [6.07, 6.45) is 2.72. The Balaban J connectivity index is 1.31. The molecule has 2 atom stereocenters. The first kappa shape index (κ1) is 20.8. The molecule has 2 fully saturated rings. The van der Waals surface area contributed by atoms with Crippen LogP contribution in [-0.4, -0.2) is 58.4 Å². The summed E-state index contributed by atoms with van der Waals surface area (Å²) in [4.78, 5) is 41.6. The predicted octanol–water partition coefficient (Wildman–Crippen LogP) is 2.53. The second-order valence-corrected chi connectivity index (χ2v) is 9.39. The predicted molar refractivity (Wildman–Crippen MR) is 123 cm³/mol. The summed E-state index contributed by atoms with van der Waals surface area (Å²) in [6.45, 7) is 5.07. The fourth-order valence-electron chi connectivity index (χ4n) is 5.54. The number of amides is 2. The Morgan fingerprint density at radius 2 is 1.69 bits per heavy atom. The maximum atomic E-state index is 13.3. The molecule has 168 valence electrons. The Kier molecular flexibility index (Phi) is 5.49. The average Bonchev–Trinajstić information content (AvgIpc) is 2.81. The zero-order valence-corrected chi connectivity index (χ0v) is 18.5. The van der Waals surface area contributed by atoms with Crippen molar-refractivity contribution in [2.75, 3.05) is 31.5 Å². The van der Waals surface area contributed by atoms with E-state index in [0.717, 1.165) is 43.6 Å². The van der Waals surface area contributed by atoms with E-state index in [1.807, 2.05) is 50.8 Å². The number of aromatic nitrogens is 1. The van der Waals surface area contributed by atoms with E-state index in [9.17, 15) is 14.4 Å². The number of nitrogens with zero attached hydrogens (tertiary/aromatic N) is 3. The number of anilines is 1. The second kappa shape index (κ2) is 8.45. The number of piperidine rings is 2. The molecule has 0 saturated carbocycles. The molecule has 1 aromatic heterocycles. The summed E-state index contributed by atoms with van der Waals surface area (Å²) in [5, 5.41) is 3.44. The number of hydrogen-bond acceptors (Lipinski definition) is 4. The molecule has 2 amide bonds. The van der Waals surface area contributed by atoms with Gasteiger partial charge in [-0.2, -0.15) is 0 Å². The summed E-state index contributed by atoms with van der Waals surface area (Å²) < 4.78 is 1.93. The van der Waals surface area contributed by atoms with Crippen LogP contribution in [0.5, 0.6) is 0 Å².